The first-order valence-electron chi connectivity index (χ1n) is 6.72. The molecule has 1 fully saturated rings. The van der Waals surface area contributed by atoms with Gasteiger partial charge in [-0.1, -0.05) is 0 Å². The van der Waals surface area contributed by atoms with E-state index in [1.54, 1.807) is 0 Å². The van der Waals surface area contributed by atoms with Crippen LogP contribution in [0.25, 0.3) is 0 Å². The fraction of sp³-hybridized carbons (Fsp3) is 0.615. The van der Waals surface area contributed by atoms with E-state index < -0.39 is 0 Å². The molecule has 1 heterocycles. The van der Waals surface area contributed by atoms with Crippen LogP contribution in [0.4, 0.5) is 5.13 Å². The first-order chi connectivity index (χ1) is 9.67. The number of anilines is 1. The number of methoxy groups -OCH3 is 1. The molecule has 6 nitrogen and oxygen atoms in total. The number of carbonyl (C=O) groups excluding carboxylic acids is 2. The summed E-state index contributed by atoms with van der Waals surface area (Å²) in [6.07, 6.45) is 3.73. The van der Waals surface area contributed by atoms with Crippen LogP contribution in [0, 0.1) is 0 Å². The summed E-state index contributed by atoms with van der Waals surface area (Å²) in [5, 5.41) is 8.71. The molecule has 1 aromatic rings. The average Bonchev–Trinajstić information content (AvgIpc) is 3.13. The van der Waals surface area contributed by atoms with Gasteiger partial charge in [-0.05, 0) is 19.3 Å². The number of amides is 1. The van der Waals surface area contributed by atoms with E-state index in [4.69, 9.17) is 0 Å². The van der Waals surface area contributed by atoms with E-state index in [-0.39, 0.29) is 18.3 Å². The zero-order valence-electron chi connectivity index (χ0n) is 11.5. The van der Waals surface area contributed by atoms with E-state index in [0.717, 1.165) is 24.4 Å². The van der Waals surface area contributed by atoms with Gasteiger partial charge in [-0.15, -0.1) is 11.3 Å². The third-order valence-corrected chi connectivity index (χ3v) is 3.75. The van der Waals surface area contributed by atoms with Crippen LogP contribution < -0.4 is 10.6 Å². The van der Waals surface area contributed by atoms with Crippen molar-refractivity contribution < 1.29 is 14.3 Å². The van der Waals surface area contributed by atoms with Crippen LogP contribution in [0.3, 0.4) is 0 Å². The molecule has 0 bridgehead atoms. The van der Waals surface area contributed by atoms with Gasteiger partial charge < -0.3 is 15.4 Å². The monoisotopic (exact) mass is 297 g/mol. The lowest BCUT2D eigenvalue weighted by molar-refractivity contribution is -0.139. The smallest absolute Gasteiger partial charge is 0.311 e. The number of carbonyl (C=O) groups is 2. The lowest BCUT2D eigenvalue weighted by atomic mass is 10.3. The highest BCUT2D eigenvalue weighted by Gasteiger charge is 2.22. The maximum atomic E-state index is 11.5. The van der Waals surface area contributed by atoms with Crippen molar-refractivity contribution in [3.63, 3.8) is 0 Å². The minimum Gasteiger partial charge on any atom is -0.469 e. The zero-order valence-corrected chi connectivity index (χ0v) is 12.3. The van der Waals surface area contributed by atoms with Crippen LogP contribution in [0.1, 0.15) is 31.4 Å². The summed E-state index contributed by atoms with van der Waals surface area (Å²) in [5.41, 5.74) is 0.704. The summed E-state index contributed by atoms with van der Waals surface area (Å²) in [7, 11) is 1.36. The molecule has 1 aliphatic rings. The second kappa shape index (κ2) is 7.23. The molecule has 7 heteroatoms. The van der Waals surface area contributed by atoms with E-state index >= 15 is 0 Å². The Labute approximate surface area is 121 Å². The normalized spacial score (nSPS) is 13.8. The Morgan fingerprint density at radius 3 is 3.00 bits per heavy atom. The van der Waals surface area contributed by atoms with Crippen molar-refractivity contribution in [1.29, 1.82) is 0 Å². The molecule has 0 saturated heterocycles. The van der Waals surface area contributed by atoms with Gasteiger partial charge in [0.05, 0.1) is 19.2 Å². The van der Waals surface area contributed by atoms with E-state index in [1.165, 1.54) is 18.4 Å². The van der Waals surface area contributed by atoms with E-state index in [2.05, 4.69) is 20.4 Å². The van der Waals surface area contributed by atoms with E-state index in [1.807, 2.05) is 5.38 Å². The quantitative estimate of drug-likeness (QED) is 0.559. The molecule has 0 aliphatic heterocycles. The SMILES string of the molecule is COC(=O)Cc1csc(NCCCC(=O)NC2CC2)n1. The summed E-state index contributed by atoms with van der Waals surface area (Å²) in [4.78, 5) is 26.8. The van der Waals surface area contributed by atoms with Gasteiger partial charge >= 0.3 is 5.97 Å². The van der Waals surface area contributed by atoms with Crippen molar-refractivity contribution in [2.45, 2.75) is 38.1 Å². The minimum absolute atomic E-state index is 0.125. The molecular weight excluding hydrogens is 278 g/mol. The fourth-order valence-corrected chi connectivity index (χ4v) is 2.40. The summed E-state index contributed by atoms with van der Waals surface area (Å²) < 4.78 is 4.59. The Bertz CT molecular complexity index is 471. The molecule has 110 valence electrons. The van der Waals surface area contributed by atoms with Gasteiger partial charge in [0, 0.05) is 24.4 Å². The third kappa shape index (κ3) is 5.16. The number of aromatic nitrogens is 1. The summed E-state index contributed by atoms with van der Waals surface area (Å²) in [5.74, 6) is -0.168. The second-order valence-electron chi connectivity index (χ2n) is 4.77. The van der Waals surface area contributed by atoms with E-state index in [0.29, 0.717) is 24.7 Å². The van der Waals surface area contributed by atoms with Gasteiger partial charge in [-0.3, -0.25) is 9.59 Å². The number of thiazole rings is 1. The number of hydrogen-bond acceptors (Lipinski definition) is 6. The molecule has 0 spiro atoms. The Morgan fingerprint density at radius 2 is 2.30 bits per heavy atom. The van der Waals surface area contributed by atoms with Crippen molar-refractivity contribution >= 4 is 28.3 Å². The van der Waals surface area contributed by atoms with Gasteiger partial charge in [0.2, 0.25) is 5.91 Å². The van der Waals surface area contributed by atoms with Gasteiger partial charge in [0.25, 0.3) is 0 Å². The Balaban J connectivity index is 1.61. The van der Waals surface area contributed by atoms with Crippen LogP contribution in [0.15, 0.2) is 5.38 Å². The first kappa shape index (κ1) is 14.8. The van der Waals surface area contributed by atoms with Gasteiger partial charge in [-0.25, -0.2) is 4.98 Å². The lowest BCUT2D eigenvalue weighted by Crippen LogP contribution is -2.25. The number of nitrogens with one attached hydrogen (secondary N) is 2. The number of ether oxygens (including phenoxy) is 1. The predicted octanol–water partition coefficient (Wildman–Crippen LogP) is 1.33. The van der Waals surface area contributed by atoms with Crippen molar-refractivity contribution in [2.75, 3.05) is 19.0 Å². The zero-order chi connectivity index (χ0) is 14.4. The molecule has 2 rings (SSSR count). The summed E-state index contributed by atoms with van der Waals surface area (Å²) in [6, 6.07) is 0.426. The van der Waals surface area contributed by atoms with Gasteiger partial charge in [0.15, 0.2) is 5.13 Å². The first-order valence-corrected chi connectivity index (χ1v) is 7.60. The van der Waals surface area contributed by atoms with E-state index in [9.17, 15) is 9.59 Å². The molecule has 20 heavy (non-hydrogen) atoms. The van der Waals surface area contributed by atoms with Crippen LogP contribution in [-0.2, 0) is 20.7 Å². The van der Waals surface area contributed by atoms with Crippen molar-refractivity contribution in [1.82, 2.24) is 10.3 Å². The highest BCUT2D eigenvalue weighted by molar-refractivity contribution is 7.13. The molecular formula is C13H19N3O3S. The topological polar surface area (TPSA) is 80.3 Å². The molecule has 2 N–H and O–H groups in total. The molecule has 0 unspecified atom stereocenters. The Morgan fingerprint density at radius 1 is 1.50 bits per heavy atom. The van der Waals surface area contributed by atoms with Crippen LogP contribution in [0.2, 0.25) is 0 Å². The number of rotatable bonds is 8. The maximum Gasteiger partial charge on any atom is 0.311 e. The molecule has 0 radical (unpaired) electrons. The molecule has 1 aliphatic carbocycles. The predicted molar refractivity (Wildman–Crippen MR) is 76.7 cm³/mol. The van der Waals surface area contributed by atoms with Crippen molar-refractivity contribution in [2.24, 2.45) is 0 Å². The molecule has 1 aromatic heterocycles. The third-order valence-electron chi connectivity index (χ3n) is 2.90. The highest BCUT2D eigenvalue weighted by Crippen LogP contribution is 2.19. The standard InChI is InChI=1S/C13H19N3O3S/c1-19-12(18)7-10-8-20-13(16-10)14-6-2-3-11(17)15-9-4-5-9/h8-9H,2-7H2,1H3,(H,14,16)(H,15,17). The van der Waals surface area contributed by atoms with Crippen LogP contribution >= 0.6 is 11.3 Å². The fourth-order valence-electron chi connectivity index (χ4n) is 1.66. The molecule has 0 aromatic carbocycles. The second-order valence-corrected chi connectivity index (χ2v) is 5.63. The minimum atomic E-state index is -0.293. The average molecular weight is 297 g/mol. The number of nitrogens with zero attached hydrogens (tertiary/aromatic N) is 1. The van der Waals surface area contributed by atoms with Crippen LogP contribution in [-0.4, -0.2) is 36.6 Å². The largest absolute Gasteiger partial charge is 0.469 e. The lowest BCUT2D eigenvalue weighted by Gasteiger charge is -2.04. The van der Waals surface area contributed by atoms with Crippen molar-refractivity contribution in [3.8, 4) is 0 Å². The highest BCUT2D eigenvalue weighted by atomic mass is 32.1. The molecule has 1 amide bonds. The molecule has 1 saturated carbocycles. The van der Waals surface area contributed by atoms with Crippen LogP contribution in [0.5, 0.6) is 0 Å². The van der Waals surface area contributed by atoms with Gasteiger partial charge in [-0.2, -0.15) is 0 Å². The Hall–Kier alpha value is -1.63. The summed E-state index contributed by atoms with van der Waals surface area (Å²) in [6.45, 7) is 0.698. The molecule has 0 atom stereocenters. The maximum absolute atomic E-state index is 11.5. The van der Waals surface area contributed by atoms with Gasteiger partial charge in [0.1, 0.15) is 0 Å². The number of hydrogen-bond donors (Lipinski definition) is 2. The Kier molecular flexibility index (Phi) is 5.34. The summed E-state index contributed by atoms with van der Waals surface area (Å²) >= 11 is 1.45. The number of esters is 1. The van der Waals surface area contributed by atoms with Crippen molar-refractivity contribution in [3.05, 3.63) is 11.1 Å².